The van der Waals surface area contributed by atoms with Crippen molar-refractivity contribution in [2.75, 3.05) is 10.2 Å². The van der Waals surface area contributed by atoms with E-state index in [2.05, 4.69) is 20.6 Å². The zero-order valence-corrected chi connectivity index (χ0v) is 17.1. The molecular formula is C21H20FN5O2S. The normalized spacial score (nSPS) is 13.0. The van der Waals surface area contributed by atoms with E-state index in [1.165, 1.54) is 41.4 Å². The van der Waals surface area contributed by atoms with Crippen LogP contribution in [0.15, 0.2) is 48.8 Å². The Bertz CT molecular complexity index is 1070. The molecule has 1 saturated carbocycles. The zero-order chi connectivity index (χ0) is 21.1. The summed E-state index contributed by atoms with van der Waals surface area (Å²) in [6.45, 7) is 1.51. The number of aromatic nitrogens is 2. The second-order valence-electron chi connectivity index (χ2n) is 6.99. The van der Waals surface area contributed by atoms with Gasteiger partial charge in [0.25, 0.3) is 5.91 Å². The number of carbonyl (C=O) groups is 2. The van der Waals surface area contributed by atoms with E-state index in [1.807, 2.05) is 18.2 Å². The molecule has 9 heteroatoms. The number of nitrogens with one attached hydrogen (secondary N) is 2. The summed E-state index contributed by atoms with van der Waals surface area (Å²) < 4.78 is 14.6. The topological polar surface area (TPSA) is 87.2 Å². The van der Waals surface area contributed by atoms with Crippen LogP contribution in [-0.4, -0.2) is 27.8 Å². The molecule has 1 aliphatic rings. The molecule has 0 aliphatic heterocycles. The van der Waals surface area contributed by atoms with E-state index in [0.717, 1.165) is 17.7 Å². The van der Waals surface area contributed by atoms with Crippen molar-refractivity contribution in [3.8, 4) is 0 Å². The first-order chi connectivity index (χ1) is 14.5. The van der Waals surface area contributed by atoms with Crippen LogP contribution in [0.1, 0.15) is 35.0 Å². The van der Waals surface area contributed by atoms with Gasteiger partial charge in [0.2, 0.25) is 5.91 Å². The Morgan fingerprint density at radius 1 is 1.23 bits per heavy atom. The Kier molecular flexibility index (Phi) is 5.71. The van der Waals surface area contributed by atoms with Gasteiger partial charge < -0.3 is 15.5 Å². The quantitative estimate of drug-likeness (QED) is 0.600. The van der Waals surface area contributed by atoms with Gasteiger partial charge in [-0.25, -0.2) is 14.4 Å². The molecule has 0 radical (unpaired) electrons. The summed E-state index contributed by atoms with van der Waals surface area (Å²) >= 11 is 1.34. The second kappa shape index (κ2) is 8.58. The molecular weight excluding hydrogens is 405 g/mol. The van der Waals surface area contributed by atoms with Crippen molar-refractivity contribution in [1.82, 2.24) is 15.3 Å². The molecule has 2 heterocycles. The molecule has 2 amide bonds. The van der Waals surface area contributed by atoms with Crippen LogP contribution in [-0.2, 0) is 11.3 Å². The fraction of sp³-hybridized carbons (Fsp3) is 0.238. The van der Waals surface area contributed by atoms with Crippen molar-refractivity contribution < 1.29 is 14.0 Å². The standard InChI is InChI=1S/C21H20FN5O2S/c1-13(28)27(12-16-11-24-21(30-16)26-19-4-2-3-9-23-19)18-10-14(5-8-17(18)22)20(29)25-15-6-7-15/h2-5,8-11,15H,6-7,12H2,1H3,(H,25,29)(H,23,24,26). The van der Waals surface area contributed by atoms with Crippen LogP contribution in [0.5, 0.6) is 0 Å². The van der Waals surface area contributed by atoms with E-state index in [0.29, 0.717) is 16.5 Å². The molecule has 0 spiro atoms. The summed E-state index contributed by atoms with van der Waals surface area (Å²) in [7, 11) is 0. The number of hydrogen-bond donors (Lipinski definition) is 2. The maximum atomic E-state index is 14.6. The summed E-state index contributed by atoms with van der Waals surface area (Å²) in [6.07, 6.45) is 5.22. The van der Waals surface area contributed by atoms with Gasteiger partial charge in [0, 0.05) is 35.8 Å². The molecule has 30 heavy (non-hydrogen) atoms. The molecule has 0 unspecified atom stereocenters. The second-order valence-corrected chi connectivity index (χ2v) is 8.11. The van der Waals surface area contributed by atoms with Gasteiger partial charge >= 0.3 is 0 Å². The molecule has 0 saturated heterocycles. The predicted molar refractivity (Wildman–Crippen MR) is 113 cm³/mol. The highest BCUT2D eigenvalue weighted by Gasteiger charge is 2.25. The van der Waals surface area contributed by atoms with Crippen molar-refractivity contribution in [3.05, 3.63) is 65.0 Å². The molecule has 7 nitrogen and oxygen atoms in total. The molecule has 2 aromatic heterocycles. The number of hydrogen-bond acceptors (Lipinski definition) is 6. The highest BCUT2D eigenvalue weighted by molar-refractivity contribution is 7.15. The molecule has 4 rings (SSSR count). The Morgan fingerprint density at radius 3 is 2.77 bits per heavy atom. The van der Waals surface area contributed by atoms with Crippen molar-refractivity contribution in [3.63, 3.8) is 0 Å². The fourth-order valence-electron chi connectivity index (χ4n) is 2.86. The lowest BCUT2D eigenvalue weighted by atomic mass is 10.1. The number of carbonyl (C=O) groups excluding carboxylic acids is 2. The van der Waals surface area contributed by atoms with Crippen LogP contribution < -0.4 is 15.5 Å². The minimum absolute atomic E-state index is 0.0681. The Hall–Kier alpha value is -3.33. The third kappa shape index (κ3) is 4.80. The highest BCUT2D eigenvalue weighted by Crippen LogP contribution is 2.28. The summed E-state index contributed by atoms with van der Waals surface area (Å²) in [5, 5.41) is 6.58. The zero-order valence-electron chi connectivity index (χ0n) is 16.3. The van der Waals surface area contributed by atoms with E-state index in [4.69, 9.17) is 0 Å². The third-order valence-electron chi connectivity index (χ3n) is 4.56. The van der Waals surface area contributed by atoms with Gasteiger partial charge in [-0.3, -0.25) is 9.59 Å². The number of pyridine rings is 1. The Morgan fingerprint density at radius 2 is 2.07 bits per heavy atom. The van der Waals surface area contributed by atoms with Crippen molar-refractivity contribution >= 4 is 39.8 Å². The van der Waals surface area contributed by atoms with Crippen LogP contribution >= 0.6 is 11.3 Å². The molecule has 2 N–H and O–H groups in total. The maximum Gasteiger partial charge on any atom is 0.251 e. The van der Waals surface area contributed by atoms with Gasteiger partial charge in [-0.1, -0.05) is 17.4 Å². The van der Waals surface area contributed by atoms with Gasteiger partial charge in [-0.05, 0) is 43.2 Å². The molecule has 1 fully saturated rings. The maximum absolute atomic E-state index is 14.6. The van der Waals surface area contributed by atoms with Gasteiger partial charge in [0.1, 0.15) is 11.6 Å². The lowest BCUT2D eigenvalue weighted by Gasteiger charge is -2.21. The average molecular weight is 425 g/mol. The largest absolute Gasteiger partial charge is 0.349 e. The summed E-state index contributed by atoms with van der Waals surface area (Å²) in [6, 6.07) is 9.74. The summed E-state index contributed by atoms with van der Waals surface area (Å²) in [5.74, 6) is -0.505. The van der Waals surface area contributed by atoms with Gasteiger partial charge in [-0.15, -0.1) is 0 Å². The van der Waals surface area contributed by atoms with Gasteiger partial charge in [0.15, 0.2) is 5.13 Å². The van der Waals surface area contributed by atoms with Crippen LogP contribution in [0.3, 0.4) is 0 Å². The van der Waals surface area contributed by atoms with Gasteiger partial charge in [-0.2, -0.15) is 0 Å². The van der Waals surface area contributed by atoms with E-state index in [9.17, 15) is 14.0 Å². The minimum Gasteiger partial charge on any atom is -0.349 e. The summed E-state index contributed by atoms with van der Waals surface area (Å²) in [4.78, 5) is 35.2. The molecule has 0 atom stereocenters. The number of anilines is 3. The van der Waals surface area contributed by atoms with E-state index < -0.39 is 5.82 Å². The third-order valence-corrected chi connectivity index (χ3v) is 5.46. The minimum atomic E-state index is -0.565. The molecule has 0 bridgehead atoms. The van der Waals surface area contributed by atoms with E-state index in [-0.39, 0.29) is 30.1 Å². The number of benzene rings is 1. The SMILES string of the molecule is CC(=O)N(Cc1cnc(Nc2ccccn2)s1)c1cc(C(=O)NC2CC2)ccc1F. The Labute approximate surface area is 177 Å². The first-order valence-electron chi connectivity index (χ1n) is 9.51. The van der Waals surface area contributed by atoms with Crippen LogP contribution in [0.2, 0.25) is 0 Å². The Balaban J connectivity index is 1.53. The van der Waals surface area contributed by atoms with Crippen molar-refractivity contribution in [2.45, 2.75) is 32.4 Å². The molecule has 1 aliphatic carbocycles. The summed E-state index contributed by atoms with van der Waals surface area (Å²) in [5.41, 5.74) is 0.393. The van der Waals surface area contributed by atoms with E-state index in [1.54, 1.807) is 12.4 Å². The first kappa shape index (κ1) is 20.0. The monoisotopic (exact) mass is 425 g/mol. The smallest absolute Gasteiger partial charge is 0.251 e. The van der Waals surface area contributed by atoms with Crippen molar-refractivity contribution in [1.29, 1.82) is 0 Å². The number of halogens is 1. The number of thiazole rings is 1. The van der Waals surface area contributed by atoms with Crippen LogP contribution in [0.4, 0.5) is 21.0 Å². The fourth-order valence-corrected chi connectivity index (χ4v) is 3.67. The molecule has 1 aromatic carbocycles. The number of rotatable bonds is 7. The molecule has 154 valence electrons. The van der Waals surface area contributed by atoms with Gasteiger partial charge in [0.05, 0.1) is 12.2 Å². The number of amides is 2. The predicted octanol–water partition coefficient (Wildman–Crippen LogP) is 3.87. The first-order valence-corrected chi connectivity index (χ1v) is 10.3. The molecule has 3 aromatic rings. The lowest BCUT2D eigenvalue weighted by Crippen LogP contribution is -2.29. The average Bonchev–Trinajstić information content (AvgIpc) is 3.44. The van der Waals surface area contributed by atoms with Crippen LogP contribution in [0.25, 0.3) is 0 Å². The van der Waals surface area contributed by atoms with Crippen LogP contribution in [0, 0.1) is 5.82 Å². The number of nitrogens with zero attached hydrogens (tertiary/aromatic N) is 3. The van der Waals surface area contributed by atoms with Crippen molar-refractivity contribution in [2.24, 2.45) is 0 Å². The van der Waals surface area contributed by atoms with E-state index >= 15 is 0 Å². The highest BCUT2D eigenvalue weighted by atomic mass is 32.1. The lowest BCUT2D eigenvalue weighted by molar-refractivity contribution is -0.116.